The first kappa shape index (κ1) is 18.2. The standard InChI is InChI=1S/C17H25N5OS/c1-5-18-17(21-11-15-12(3)22-13(4)24-15)20-10-14-8-7-9-19-16(14)23-6-2/h7-9H,5-6,10-11H2,1-4H3,(H2,18,20,21). The van der Waals surface area contributed by atoms with Crippen LogP contribution < -0.4 is 15.4 Å². The summed E-state index contributed by atoms with van der Waals surface area (Å²) in [6.07, 6.45) is 1.73. The number of aliphatic imine (C=N–C) groups is 1. The van der Waals surface area contributed by atoms with E-state index in [9.17, 15) is 0 Å². The molecule has 7 heteroatoms. The van der Waals surface area contributed by atoms with Gasteiger partial charge in [0.05, 0.1) is 30.4 Å². The van der Waals surface area contributed by atoms with Gasteiger partial charge < -0.3 is 15.4 Å². The topological polar surface area (TPSA) is 71.4 Å². The van der Waals surface area contributed by atoms with Crippen LogP contribution in [0.2, 0.25) is 0 Å². The summed E-state index contributed by atoms with van der Waals surface area (Å²) in [6.45, 7) is 10.7. The summed E-state index contributed by atoms with van der Waals surface area (Å²) in [5, 5.41) is 7.71. The lowest BCUT2D eigenvalue weighted by Crippen LogP contribution is -2.36. The van der Waals surface area contributed by atoms with Gasteiger partial charge in [0.2, 0.25) is 5.88 Å². The average molecular weight is 347 g/mol. The minimum atomic E-state index is 0.513. The molecular formula is C17H25N5OS. The molecule has 24 heavy (non-hydrogen) atoms. The number of aromatic nitrogens is 2. The molecule has 0 unspecified atom stereocenters. The van der Waals surface area contributed by atoms with Crippen molar-refractivity contribution in [2.24, 2.45) is 4.99 Å². The van der Waals surface area contributed by atoms with Crippen LogP contribution in [0.5, 0.6) is 5.88 Å². The Morgan fingerprint density at radius 2 is 2.12 bits per heavy atom. The molecule has 2 heterocycles. The monoisotopic (exact) mass is 347 g/mol. The van der Waals surface area contributed by atoms with Gasteiger partial charge in [-0.1, -0.05) is 6.07 Å². The van der Waals surface area contributed by atoms with Crippen molar-refractivity contribution in [3.63, 3.8) is 0 Å². The van der Waals surface area contributed by atoms with E-state index in [0.717, 1.165) is 28.8 Å². The SMILES string of the molecule is CCNC(=NCc1cccnc1OCC)NCc1sc(C)nc1C. The molecule has 0 aliphatic rings. The molecule has 0 radical (unpaired) electrons. The summed E-state index contributed by atoms with van der Waals surface area (Å²) in [6, 6.07) is 3.89. The van der Waals surface area contributed by atoms with Crippen LogP contribution >= 0.6 is 11.3 Å². The van der Waals surface area contributed by atoms with Crippen LogP contribution in [0.3, 0.4) is 0 Å². The second-order valence-electron chi connectivity index (χ2n) is 5.19. The van der Waals surface area contributed by atoms with Gasteiger partial charge in [0, 0.05) is 23.2 Å². The van der Waals surface area contributed by atoms with Gasteiger partial charge in [0.1, 0.15) is 0 Å². The summed E-state index contributed by atoms with van der Waals surface area (Å²) in [7, 11) is 0. The molecule has 0 aliphatic carbocycles. The van der Waals surface area contributed by atoms with Crippen molar-refractivity contribution in [1.82, 2.24) is 20.6 Å². The molecule has 2 aromatic rings. The Bertz CT molecular complexity index is 683. The minimum Gasteiger partial charge on any atom is -0.478 e. The van der Waals surface area contributed by atoms with Crippen molar-refractivity contribution >= 4 is 17.3 Å². The lowest BCUT2D eigenvalue weighted by atomic mass is 10.3. The van der Waals surface area contributed by atoms with Gasteiger partial charge in [0.15, 0.2) is 5.96 Å². The van der Waals surface area contributed by atoms with Gasteiger partial charge in [-0.25, -0.2) is 15.0 Å². The van der Waals surface area contributed by atoms with Gasteiger partial charge >= 0.3 is 0 Å². The number of guanidine groups is 1. The Hall–Kier alpha value is -2.15. The van der Waals surface area contributed by atoms with Crippen LogP contribution in [-0.4, -0.2) is 29.1 Å². The van der Waals surface area contributed by atoms with Crippen LogP contribution in [0, 0.1) is 13.8 Å². The summed E-state index contributed by atoms with van der Waals surface area (Å²) < 4.78 is 5.55. The molecule has 0 saturated heterocycles. The molecule has 0 spiro atoms. The Balaban J connectivity index is 2.04. The van der Waals surface area contributed by atoms with E-state index in [1.807, 2.05) is 32.9 Å². The maximum Gasteiger partial charge on any atom is 0.218 e. The molecule has 0 aliphatic heterocycles. The highest BCUT2D eigenvalue weighted by atomic mass is 32.1. The molecule has 0 saturated carbocycles. The maximum atomic E-state index is 5.55. The second kappa shape index (κ2) is 9.22. The molecule has 2 aromatic heterocycles. The van der Waals surface area contributed by atoms with Gasteiger partial charge in [-0.15, -0.1) is 11.3 Å². The minimum absolute atomic E-state index is 0.513. The van der Waals surface area contributed by atoms with Crippen LogP contribution in [0.25, 0.3) is 0 Å². The summed E-state index contributed by atoms with van der Waals surface area (Å²) in [5.74, 6) is 1.42. The summed E-state index contributed by atoms with van der Waals surface area (Å²) in [4.78, 5) is 14.6. The highest BCUT2D eigenvalue weighted by molar-refractivity contribution is 7.11. The molecule has 0 aromatic carbocycles. The van der Waals surface area contributed by atoms with E-state index in [1.54, 1.807) is 17.5 Å². The normalized spacial score (nSPS) is 11.4. The zero-order valence-electron chi connectivity index (χ0n) is 14.7. The molecule has 2 N–H and O–H groups in total. The lowest BCUT2D eigenvalue weighted by Gasteiger charge is -2.11. The number of nitrogens with zero attached hydrogens (tertiary/aromatic N) is 3. The fourth-order valence-electron chi connectivity index (χ4n) is 2.22. The van der Waals surface area contributed by atoms with E-state index in [2.05, 4.69) is 32.5 Å². The van der Waals surface area contributed by atoms with Crippen molar-refractivity contribution in [2.45, 2.75) is 40.8 Å². The summed E-state index contributed by atoms with van der Waals surface area (Å²) in [5.41, 5.74) is 2.05. The van der Waals surface area contributed by atoms with Crippen molar-refractivity contribution in [2.75, 3.05) is 13.2 Å². The molecular weight excluding hydrogens is 322 g/mol. The van der Waals surface area contributed by atoms with Gasteiger partial charge in [-0.3, -0.25) is 0 Å². The number of aryl methyl sites for hydroxylation is 2. The quantitative estimate of drug-likeness (QED) is 0.595. The van der Waals surface area contributed by atoms with E-state index in [0.29, 0.717) is 25.6 Å². The Morgan fingerprint density at radius 3 is 2.79 bits per heavy atom. The van der Waals surface area contributed by atoms with E-state index in [-0.39, 0.29) is 0 Å². The average Bonchev–Trinajstić information content (AvgIpc) is 2.89. The number of pyridine rings is 1. The van der Waals surface area contributed by atoms with Gasteiger partial charge in [0.25, 0.3) is 0 Å². The highest BCUT2D eigenvalue weighted by Crippen LogP contribution is 2.17. The van der Waals surface area contributed by atoms with E-state index in [4.69, 9.17) is 4.74 Å². The Labute approximate surface area is 147 Å². The first-order chi connectivity index (χ1) is 11.6. The second-order valence-corrected chi connectivity index (χ2v) is 6.48. The van der Waals surface area contributed by atoms with Crippen molar-refractivity contribution in [1.29, 1.82) is 0 Å². The van der Waals surface area contributed by atoms with Crippen LogP contribution in [0.4, 0.5) is 0 Å². The van der Waals surface area contributed by atoms with Crippen LogP contribution in [-0.2, 0) is 13.1 Å². The number of hydrogen-bond donors (Lipinski definition) is 2. The fourth-order valence-corrected chi connectivity index (χ4v) is 3.10. The molecule has 0 fully saturated rings. The molecule has 0 amide bonds. The molecule has 2 rings (SSSR count). The van der Waals surface area contributed by atoms with Crippen LogP contribution in [0.15, 0.2) is 23.3 Å². The number of thiazole rings is 1. The van der Waals surface area contributed by atoms with Crippen molar-refractivity contribution in [3.05, 3.63) is 39.5 Å². The predicted molar refractivity (Wildman–Crippen MR) is 98.6 cm³/mol. The fraction of sp³-hybridized carbons (Fsp3) is 0.471. The van der Waals surface area contributed by atoms with Gasteiger partial charge in [-0.05, 0) is 33.8 Å². The largest absolute Gasteiger partial charge is 0.478 e. The van der Waals surface area contributed by atoms with Crippen molar-refractivity contribution in [3.8, 4) is 5.88 Å². The zero-order valence-corrected chi connectivity index (χ0v) is 15.5. The number of ether oxygens (including phenoxy) is 1. The predicted octanol–water partition coefficient (Wildman–Crippen LogP) is 2.81. The molecule has 0 atom stereocenters. The molecule has 0 bridgehead atoms. The number of nitrogens with one attached hydrogen (secondary N) is 2. The first-order valence-electron chi connectivity index (χ1n) is 8.15. The lowest BCUT2D eigenvalue weighted by molar-refractivity contribution is 0.323. The Kier molecular flexibility index (Phi) is 6.99. The maximum absolute atomic E-state index is 5.55. The third kappa shape index (κ3) is 5.19. The van der Waals surface area contributed by atoms with Gasteiger partial charge in [-0.2, -0.15) is 0 Å². The van der Waals surface area contributed by atoms with E-state index in [1.165, 1.54) is 4.88 Å². The third-order valence-corrected chi connectivity index (χ3v) is 4.37. The number of rotatable bonds is 7. The molecule has 6 nitrogen and oxygen atoms in total. The third-order valence-electron chi connectivity index (χ3n) is 3.30. The number of hydrogen-bond acceptors (Lipinski definition) is 5. The van der Waals surface area contributed by atoms with E-state index >= 15 is 0 Å². The Morgan fingerprint density at radius 1 is 1.29 bits per heavy atom. The van der Waals surface area contributed by atoms with Crippen LogP contribution in [0.1, 0.15) is 35.0 Å². The smallest absolute Gasteiger partial charge is 0.218 e. The first-order valence-corrected chi connectivity index (χ1v) is 8.97. The zero-order chi connectivity index (χ0) is 17.4. The van der Waals surface area contributed by atoms with Crippen molar-refractivity contribution < 1.29 is 4.74 Å². The molecule has 130 valence electrons. The highest BCUT2D eigenvalue weighted by Gasteiger charge is 2.07. The summed E-state index contributed by atoms with van der Waals surface area (Å²) >= 11 is 1.71. The van der Waals surface area contributed by atoms with E-state index < -0.39 is 0 Å².